The second kappa shape index (κ2) is 4.66. The maximum Gasteiger partial charge on any atom is 0.297 e. The summed E-state index contributed by atoms with van der Waals surface area (Å²) in [6.45, 7) is 4.45. The number of nitrogens with zero attached hydrogens (tertiary/aromatic N) is 3. The first-order valence-electron chi connectivity index (χ1n) is 6.41. The van der Waals surface area contributed by atoms with Gasteiger partial charge in [-0.05, 0) is 32.4 Å². The van der Waals surface area contributed by atoms with Gasteiger partial charge in [0.05, 0.1) is 6.61 Å². The van der Waals surface area contributed by atoms with Crippen LogP contribution in [0.4, 0.5) is 6.01 Å². The van der Waals surface area contributed by atoms with E-state index in [0.717, 1.165) is 13.1 Å². The zero-order chi connectivity index (χ0) is 11.7. The lowest BCUT2D eigenvalue weighted by Crippen LogP contribution is -2.35. The average Bonchev–Trinajstić information content (AvgIpc) is 3.09. The van der Waals surface area contributed by atoms with E-state index in [4.69, 9.17) is 9.52 Å². The lowest BCUT2D eigenvalue weighted by molar-refractivity contribution is 0.260. The van der Waals surface area contributed by atoms with Crippen LogP contribution in [0.15, 0.2) is 10.7 Å². The quantitative estimate of drug-likeness (QED) is 0.844. The molecule has 0 spiro atoms. The minimum Gasteiger partial charge on any atom is -0.432 e. The summed E-state index contributed by atoms with van der Waals surface area (Å²) in [5, 5.41) is 8.97. The van der Waals surface area contributed by atoms with E-state index in [2.05, 4.69) is 14.8 Å². The highest BCUT2D eigenvalue weighted by Gasteiger charge is 2.31. The van der Waals surface area contributed by atoms with E-state index < -0.39 is 0 Å². The molecule has 2 aliphatic rings. The molecular weight excluding hydrogens is 218 g/mol. The molecule has 3 heterocycles. The molecule has 2 saturated heterocycles. The van der Waals surface area contributed by atoms with Gasteiger partial charge >= 0.3 is 0 Å². The molecule has 2 fully saturated rings. The van der Waals surface area contributed by atoms with Crippen LogP contribution in [0, 0.1) is 0 Å². The SMILES string of the molecule is OCc1coc(N2CCC(N3CCCC3)C2)n1. The first-order valence-corrected chi connectivity index (χ1v) is 6.41. The second-order valence-corrected chi connectivity index (χ2v) is 4.91. The fourth-order valence-electron chi connectivity index (χ4n) is 2.83. The normalized spacial score (nSPS) is 25.9. The lowest BCUT2D eigenvalue weighted by Gasteiger charge is -2.22. The molecule has 1 aromatic heterocycles. The predicted octanol–water partition coefficient (Wildman–Crippen LogP) is 0.841. The largest absolute Gasteiger partial charge is 0.432 e. The van der Waals surface area contributed by atoms with E-state index >= 15 is 0 Å². The van der Waals surface area contributed by atoms with Crippen molar-refractivity contribution in [1.29, 1.82) is 0 Å². The summed E-state index contributed by atoms with van der Waals surface area (Å²) in [6, 6.07) is 1.32. The number of rotatable bonds is 3. The van der Waals surface area contributed by atoms with Crippen molar-refractivity contribution in [2.24, 2.45) is 0 Å². The molecule has 1 atom stereocenters. The number of hydrogen-bond donors (Lipinski definition) is 1. The molecule has 17 heavy (non-hydrogen) atoms. The Morgan fingerprint density at radius 2 is 2.18 bits per heavy atom. The highest BCUT2D eigenvalue weighted by Crippen LogP contribution is 2.24. The fraction of sp³-hybridized carbons (Fsp3) is 0.750. The molecule has 5 heteroatoms. The fourth-order valence-corrected chi connectivity index (χ4v) is 2.83. The molecule has 2 aliphatic heterocycles. The summed E-state index contributed by atoms with van der Waals surface area (Å²) in [5.41, 5.74) is 0.615. The number of likely N-dealkylation sites (tertiary alicyclic amines) is 1. The van der Waals surface area contributed by atoms with E-state index in [1.807, 2.05) is 0 Å². The molecular formula is C12H19N3O2. The summed E-state index contributed by atoms with van der Waals surface area (Å²) in [6.07, 6.45) is 5.41. The number of oxazole rings is 1. The van der Waals surface area contributed by atoms with Gasteiger partial charge in [-0.1, -0.05) is 0 Å². The van der Waals surface area contributed by atoms with E-state index in [9.17, 15) is 0 Å². The number of hydrogen-bond acceptors (Lipinski definition) is 5. The van der Waals surface area contributed by atoms with Crippen molar-refractivity contribution in [1.82, 2.24) is 9.88 Å². The van der Waals surface area contributed by atoms with Gasteiger partial charge < -0.3 is 14.4 Å². The van der Waals surface area contributed by atoms with Crippen LogP contribution >= 0.6 is 0 Å². The monoisotopic (exact) mass is 237 g/mol. The molecule has 94 valence electrons. The van der Waals surface area contributed by atoms with Crippen LogP contribution in [-0.2, 0) is 6.61 Å². The van der Waals surface area contributed by atoms with Crippen LogP contribution in [-0.4, -0.2) is 47.2 Å². The van der Waals surface area contributed by atoms with Crippen LogP contribution in [0.2, 0.25) is 0 Å². The topological polar surface area (TPSA) is 52.7 Å². The van der Waals surface area contributed by atoms with Crippen LogP contribution in [0.1, 0.15) is 25.0 Å². The molecule has 0 amide bonds. The zero-order valence-corrected chi connectivity index (χ0v) is 10.0. The number of aromatic nitrogens is 1. The number of aliphatic hydroxyl groups excluding tert-OH is 1. The Bertz CT molecular complexity index is 374. The van der Waals surface area contributed by atoms with Crippen LogP contribution in [0.25, 0.3) is 0 Å². The summed E-state index contributed by atoms with van der Waals surface area (Å²) >= 11 is 0. The van der Waals surface area contributed by atoms with Crippen LogP contribution in [0.3, 0.4) is 0 Å². The van der Waals surface area contributed by atoms with Crippen molar-refractivity contribution in [3.63, 3.8) is 0 Å². The van der Waals surface area contributed by atoms with Crippen LogP contribution < -0.4 is 4.90 Å². The molecule has 0 saturated carbocycles. The minimum atomic E-state index is -0.0487. The van der Waals surface area contributed by atoms with Gasteiger partial charge in [0.2, 0.25) is 0 Å². The summed E-state index contributed by atoms with van der Waals surface area (Å²) < 4.78 is 5.39. The van der Waals surface area contributed by atoms with E-state index in [1.165, 1.54) is 32.4 Å². The van der Waals surface area contributed by atoms with Crippen molar-refractivity contribution in [2.45, 2.75) is 31.9 Å². The number of aliphatic hydroxyl groups is 1. The zero-order valence-electron chi connectivity index (χ0n) is 10.0. The third-order valence-corrected chi connectivity index (χ3v) is 3.79. The number of anilines is 1. The van der Waals surface area contributed by atoms with Crippen molar-refractivity contribution in [3.05, 3.63) is 12.0 Å². The summed E-state index contributed by atoms with van der Waals surface area (Å²) in [5.74, 6) is 0. The molecule has 5 nitrogen and oxygen atoms in total. The first kappa shape index (κ1) is 11.0. The van der Waals surface area contributed by atoms with E-state index in [1.54, 1.807) is 6.26 Å². The van der Waals surface area contributed by atoms with Gasteiger partial charge in [0.15, 0.2) is 0 Å². The molecule has 0 bridgehead atoms. The van der Waals surface area contributed by atoms with Crippen molar-refractivity contribution in [2.75, 3.05) is 31.1 Å². The maximum atomic E-state index is 8.97. The Morgan fingerprint density at radius 3 is 2.88 bits per heavy atom. The third-order valence-electron chi connectivity index (χ3n) is 3.79. The Morgan fingerprint density at radius 1 is 1.35 bits per heavy atom. The average molecular weight is 237 g/mol. The minimum absolute atomic E-state index is 0.0487. The Hall–Kier alpha value is -1.07. The summed E-state index contributed by atoms with van der Waals surface area (Å²) in [4.78, 5) is 9.02. The van der Waals surface area contributed by atoms with Gasteiger partial charge in [-0.25, -0.2) is 0 Å². The highest BCUT2D eigenvalue weighted by atomic mass is 16.4. The van der Waals surface area contributed by atoms with Gasteiger partial charge in [0, 0.05) is 19.1 Å². The van der Waals surface area contributed by atoms with Gasteiger partial charge in [0.25, 0.3) is 6.01 Å². The molecule has 1 N–H and O–H groups in total. The van der Waals surface area contributed by atoms with Crippen molar-refractivity contribution >= 4 is 6.01 Å². The van der Waals surface area contributed by atoms with Gasteiger partial charge in [-0.3, -0.25) is 4.90 Å². The predicted molar refractivity (Wildman–Crippen MR) is 63.9 cm³/mol. The smallest absolute Gasteiger partial charge is 0.297 e. The third kappa shape index (κ3) is 2.17. The Labute approximate surface area is 101 Å². The molecule has 0 radical (unpaired) electrons. The Kier molecular flexibility index (Phi) is 3.03. The molecule has 3 rings (SSSR count). The lowest BCUT2D eigenvalue weighted by atomic mass is 10.2. The van der Waals surface area contributed by atoms with Crippen molar-refractivity contribution < 1.29 is 9.52 Å². The summed E-state index contributed by atoms with van der Waals surface area (Å²) in [7, 11) is 0. The van der Waals surface area contributed by atoms with E-state index in [-0.39, 0.29) is 6.61 Å². The molecule has 1 unspecified atom stereocenters. The van der Waals surface area contributed by atoms with Crippen molar-refractivity contribution in [3.8, 4) is 0 Å². The first-order chi connectivity index (χ1) is 8.36. The molecule has 0 aliphatic carbocycles. The van der Waals surface area contributed by atoms with Crippen LogP contribution in [0.5, 0.6) is 0 Å². The second-order valence-electron chi connectivity index (χ2n) is 4.91. The Balaban J connectivity index is 1.62. The maximum absolute atomic E-state index is 8.97. The van der Waals surface area contributed by atoms with Gasteiger partial charge in [0.1, 0.15) is 12.0 Å². The van der Waals surface area contributed by atoms with E-state index in [0.29, 0.717) is 17.8 Å². The van der Waals surface area contributed by atoms with Gasteiger partial charge in [-0.2, -0.15) is 4.98 Å². The molecule has 0 aromatic carbocycles. The standard InChI is InChI=1S/C12H19N3O2/c16-8-10-9-17-12(13-10)15-6-3-11(7-15)14-4-1-2-5-14/h9,11,16H,1-8H2. The molecule has 1 aromatic rings. The van der Waals surface area contributed by atoms with Gasteiger partial charge in [-0.15, -0.1) is 0 Å². The highest BCUT2D eigenvalue weighted by molar-refractivity contribution is 5.29.